The number of para-hydroxylation sites is 1. The molecule has 0 aliphatic carbocycles. The van der Waals surface area contributed by atoms with Crippen LogP contribution in [0.25, 0.3) is 0 Å². The average Bonchev–Trinajstić information content (AvgIpc) is 3.05. The second kappa shape index (κ2) is 6.88. The number of hydrogen-bond acceptors (Lipinski definition) is 6. The predicted octanol–water partition coefficient (Wildman–Crippen LogP) is 4.10. The molecule has 3 aromatic rings. The summed E-state index contributed by atoms with van der Waals surface area (Å²) in [5.41, 5.74) is 1.18. The number of anilines is 1. The van der Waals surface area contributed by atoms with Gasteiger partial charge in [0.1, 0.15) is 11.9 Å². The molecule has 1 N–H and O–H groups in total. The first-order valence-electron chi connectivity index (χ1n) is 6.86. The van der Waals surface area contributed by atoms with Crippen LogP contribution in [0.15, 0.2) is 60.8 Å². The Balaban J connectivity index is 1.66. The third kappa shape index (κ3) is 3.73. The van der Waals surface area contributed by atoms with Crippen molar-refractivity contribution in [3.05, 3.63) is 76.5 Å². The fourth-order valence-electron chi connectivity index (χ4n) is 1.88. The van der Waals surface area contributed by atoms with Gasteiger partial charge in [0.15, 0.2) is 0 Å². The van der Waals surface area contributed by atoms with Gasteiger partial charge in [-0.15, -0.1) is 0 Å². The van der Waals surface area contributed by atoms with Crippen LogP contribution in [0.2, 0.25) is 0 Å². The van der Waals surface area contributed by atoms with Gasteiger partial charge in [-0.05, 0) is 47.7 Å². The molecule has 1 heterocycles. The molecule has 24 heavy (non-hydrogen) atoms. The van der Waals surface area contributed by atoms with E-state index < -0.39 is 4.92 Å². The second-order valence-corrected chi connectivity index (χ2v) is 5.64. The van der Waals surface area contributed by atoms with E-state index in [1.165, 1.54) is 0 Å². The Hall–Kier alpha value is -3.26. The molecule has 120 valence electrons. The summed E-state index contributed by atoms with van der Waals surface area (Å²) in [4.78, 5) is 26.0. The second-order valence-electron chi connectivity index (χ2n) is 4.67. The number of ether oxygens (including phenoxy) is 1. The van der Waals surface area contributed by atoms with E-state index in [4.69, 9.17) is 4.74 Å². The van der Waals surface area contributed by atoms with E-state index in [1.54, 1.807) is 36.4 Å². The van der Waals surface area contributed by atoms with E-state index in [1.807, 2.05) is 18.2 Å². The highest BCUT2D eigenvalue weighted by atomic mass is 32.1. The number of thiazole rings is 1. The maximum atomic E-state index is 12.1. The van der Waals surface area contributed by atoms with E-state index in [0.29, 0.717) is 17.0 Å². The Bertz CT molecular complexity index is 863. The van der Waals surface area contributed by atoms with Gasteiger partial charge in [0.2, 0.25) is 0 Å². The molecule has 0 fully saturated rings. The lowest BCUT2D eigenvalue weighted by Gasteiger charge is -2.06. The number of carbonyl (C=O) groups is 1. The number of benzene rings is 2. The van der Waals surface area contributed by atoms with Gasteiger partial charge in [0.25, 0.3) is 11.1 Å². The van der Waals surface area contributed by atoms with Crippen molar-refractivity contribution in [2.75, 3.05) is 5.32 Å². The first-order valence-corrected chi connectivity index (χ1v) is 7.68. The van der Waals surface area contributed by atoms with Crippen molar-refractivity contribution in [3.8, 4) is 10.9 Å². The van der Waals surface area contributed by atoms with Crippen LogP contribution in [-0.2, 0) is 0 Å². The van der Waals surface area contributed by atoms with Crippen molar-refractivity contribution < 1.29 is 14.5 Å². The molecule has 0 radical (unpaired) electrons. The third-order valence-corrected chi connectivity index (χ3v) is 3.83. The smallest absolute Gasteiger partial charge is 0.347 e. The van der Waals surface area contributed by atoms with Gasteiger partial charge < -0.3 is 10.1 Å². The van der Waals surface area contributed by atoms with Crippen LogP contribution in [0.4, 0.5) is 10.7 Å². The highest BCUT2D eigenvalue weighted by molar-refractivity contribution is 7.16. The summed E-state index contributed by atoms with van der Waals surface area (Å²) in [7, 11) is 0. The lowest BCUT2D eigenvalue weighted by atomic mass is 10.2. The molecule has 0 aliphatic heterocycles. The molecule has 3 rings (SSSR count). The highest BCUT2D eigenvalue weighted by Gasteiger charge is 2.13. The van der Waals surface area contributed by atoms with E-state index in [2.05, 4.69) is 10.3 Å². The Labute approximate surface area is 140 Å². The minimum absolute atomic E-state index is 0.0936. The summed E-state index contributed by atoms with van der Waals surface area (Å²) < 4.78 is 5.43. The number of nitrogens with zero attached hydrogens (tertiary/aromatic N) is 2. The summed E-state index contributed by atoms with van der Waals surface area (Å²) in [6.45, 7) is 0. The van der Waals surface area contributed by atoms with Crippen LogP contribution >= 0.6 is 11.3 Å². The summed E-state index contributed by atoms with van der Waals surface area (Å²) >= 11 is 0.836. The van der Waals surface area contributed by atoms with Crippen LogP contribution in [0.5, 0.6) is 10.9 Å². The van der Waals surface area contributed by atoms with Crippen LogP contribution < -0.4 is 10.1 Å². The summed E-state index contributed by atoms with van der Waals surface area (Å²) in [5, 5.41) is 13.5. The molecule has 8 heteroatoms. The minimum Gasteiger partial charge on any atom is -0.431 e. The molecule has 0 atom stereocenters. The topological polar surface area (TPSA) is 94.4 Å². The number of carbonyl (C=O) groups excluding carboxylic acids is 1. The molecule has 0 saturated carbocycles. The zero-order valence-corrected chi connectivity index (χ0v) is 13.0. The van der Waals surface area contributed by atoms with Gasteiger partial charge in [-0.1, -0.05) is 18.2 Å². The molecule has 2 aromatic carbocycles. The molecule has 0 spiro atoms. The van der Waals surface area contributed by atoms with Gasteiger partial charge in [-0.25, -0.2) is 4.98 Å². The van der Waals surface area contributed by atoms with E-state index in [9.17, 15) is 14.9 Å². The average molecular weight is 341 g/mol. The number of amides is 1. The number of rotatable bonds is 5. The van der Waals surface area contributed by atoms with E-state index in [-0.39, 0.29) is 16.1 Å². The Morgan fingerprint density at radius 2 is 1.83 bits per heavy atom. The molecule has 0 aliphatic rings. The first-order chi connectivity index (χ1) is 11.6. The fraction of sp³-hybridized carbons (Fsp3) is 0. The zero-order chi connectivity index (χ0) is 16.9. The quantitative estimate of drug-likeness (QED) is 0.557. The summed E-state index contributed by atoms with van der Waals surface area (Å²) in [5.74, 6) is 0.202. The van der Waals surface area contributed by atoms with Gasteiger partial charge in [-0.3, -0.25) is 14.9 Å². The Kier molecular flexibility index (Phi) is 4.48. The molecule has 0 unspecified atom stereocenters. The fourth-order valence-corrected chi connectivity index (χ4v) is 2.48. The molecular formula is C16H11N3O4S. The maximum Gasteiger partial charge on any atom is 0.347 e. The van der Waals surface area contributed by atoms with Crippen molar-refractivity contribution in [2.24, 2.45) is 0 Å². The van der Waals surface area contributed by atoms with Gasteiger partial charge in [0.05, 0.1) is 4.92 Å². The predicted molar refractivity (Wildman–Crippen MR) is 89.7 cm³/mol. The van der Waals surface area contributed by atoms with Crippen molar-refractivity contribution in [3.63, 3.8) is 0 Å². The number of hydrogen-bond donors (Lipinski definition) is 1. The van der Waals surface area contributed by atoms with Gasteiger partial charge in [0, 0.05) is 11.3 Å². The van der Waals surface area contributed by atoms with Crippen molar-refractivity contribution in [1.82, 2.24) is 4.98 Å². The van der Waals surface area contributed by atoms with E-state index >= 15 is 0 Å². The van der Waals surface area contributed by atoms with Crippen LogP contribution in [0, 0.1) is 10.1 Å². The van der Waals surface area contributed by atoms with Crippen molar-refractivity contribution in [2.45, 2.75) is 0 Å². The van der Waals surface area contributed by atoms with E-state index in [0.717, 1.165) is 17.5 Å². The van der Waals surface area contributed by atoms with Gasteiger partial charge in [-0.2, -0.15) is 0 Å². The highest BCUT2D eigenvalue weighted by Crippen LogP contribution is 2.30. The summed E-state index contributed by atoms with van der Waals surface area (Å²) in [6.07, 6.45) is 1.14. The summed E-state index contributed by atoms with van der Waals surface area (Å²) in [6, 6.07) is 15.5. The molecular weight excluding hydrogens is 330 g/mol. The van der Waals surface area contributed by atoms with Gasteiger partial charge >= 0.3 is 5.00 Å². The first kappa shape index (κ1) is 15.6. The normalized spacial score (nSPS) is 10.2. The van der Waals surface area contributed by atoms with Crippen molar-refractivity contribution >= 4 is 27.9 Å². The minimum atomic E-state index is -0.526. The maximum absolute atomic E-state index is 12.1. The molecule has 7 nitrogen and oxygen atoms in total. The largest absolute Gasteiger partial charge is 0.431 e. The SMILES string of the molecule is O=C(Nc1ccccc1)c1ccc(Oc2ncc([N+](=O)[O-])s2)cc1. The Morgan fingerprint density at radius 1 is 1.12 bits per heavy atom. The van der Waals surface area contributed by atoms with Crippen molar-refractivity contribution in [1.29, 1.82) is 0 Å². The Morgan fingerprint density at radius 3 is 2.46 bits per heavy atom. The standard InChI is InChI=1S/C16H11N3O4S/c20-15(18-12-4-2-1-3-5-12)11-6-8-13(9-7-11)23-16-17-10-14(24-16)19(21)22/h1-10H,(H,18,20). The molecule has 1 aromatic heterocycles. The van der Waals surface area contributed by atoms with Crippen LogP contribution in [0.1, 0.15) is 10.4 Å². The number of aromatic nitrogens is 1. The monoisotopic (exact) mass is 341 g/mol. The zero-order valence-electron chi connectivity index (χ0n) is 12.2. The number of nitro groups is 1. The lowest BCUT2D eigenvalue weighted by molar-refractivity contribution is -0.380. The molecule has 1 amide bonds. The molecule has 0 bridgehead atoms. The number of nitrogens with one attached hydrogen (secondary N) is 1. The third-order valence-electron chi connectivity index (χ3n) is 3.01. The lowest BCUT2D eigenvalue weighted by Crippen LogP contribution is -2.11. The molecule has 0 saturated heterocycles. The van der Waals surface area contributed by atoms with Crippen LogP contribution in [0.3, 0.4) is 0 Å². The van der Waals surface area contributed by atoms with Crippen LogP contribution in [-0.4, -0.2) is 15.8 Å².